The number of benzene rings is 2. The Labute approximate surface area is 209 Å². The Kier molecular flexibility index (Phi) is 8.14. The van der Waals surface area contributed by atoms with Crippen molar-refractivity contribution in [1.29, 1.82) is 0 Å². The van der Waals surface area contributed by atoms with E-state index in [1.54, 1.807) is 13.3 Å². The van der Waals surface area contributed by atoms with E-state index < -0.39 is 23.5 Å². The van der Waals surface area contributed by atoms with Crippen LogP contribution in [0.1, 0.15) is 36.4 Å². The van der Waals surface area contributed by atoms with Crippen molar-refractivity contribution in [3.05, 3.63) is 71.4 Å². The Morgan fingerprint density at radius 1 is 1.25 bits per heavy atom. The SMILES string of the molecule is COc1ccc2nccc(C(N)CC[C@@H]3CCN(CC#Cc4cc(F)cc(F)c4)C[C@@H]3C(=O)O)c2c1. The first kappa shape index (κ1) is 25.5. The molecule has 0 amide bonds. The van der Waals surface area contributed by atoms with Crippen LogP contribution in [-0.2, 0) is 4.79 Å². The van der Waals surface area contributed by atoms with Crippen LogP contribution in [0.25, 0.3) is 10.9 Å². The van der Waals surface area contributed by atoms with E-state index in [-0.39, 0.29) is 17.5 Å². The summed E-state index contributed by atoms with van der Waals surface area (Å²) < 4.78 is 32.0. The number of aromatic nitrogens is 1. The molecule has 1 unspecified atom stereocenters. The van der Waals surface area contributed by atoms with Gasteiger partial charge in [0.05, 0.1) is 25.1 Å². The molecule has 0 bridgehead atoms. The number of hydrogen-bond donors (Lipinski definition) is 2. The molecule has 1 saturated heterocycles. The third kappa shape index (κ3) is 6.17. The Bertz CT molecular complexity index is 1280. The maximum Gasteiger partial charge on any atom is 0.308 e. The van der Waals surface area contributed by atoms with Crippen LogP contribution < -0.4 is 10.5 Å². The van der Waals surface area contributed by atoms with Crippen molar-refractivity contribution < 1.29 is 23.4 Å². The van der Waals surface area contributed by atoms with Crippen LogP contribution in [-0.4, -0.2) is 47.7 Å². The molecule has 3 aromatic rings. The number of ether oxygens (including phenoxy) is 1. The normalized spacial score (nSPS) is 18.9. The van der Waals surface area contributed by atoms with Gasteiger partial charge in [0.25, 0.3) is 0 Å². The number of likely N-dealkylation sites (tertiary alicyclic amines) is 1. The second-order valence-corrected chi connectivity index (χ2v) is 9.16. The van der Waals surface area contributed by atoms with Crippen molar-refractivity contribution in [1.82, 2.24) is 9.88 Å². The highest BCUT2D eigenvalue weighted by Crippen LogP contribution is 2.32. The Morgan fingerprint density at radius 3 is 2.75 bits per heavy atom. The van der Waals surface area contributed by atoms with E-state index in [0.29, 0.717) is 38.9 Å². The highest BCUT2D eigenvalue weighted by atomic mass is 19.1. The van der Waals surface area contributed by atoms with E-state index in [1.165, 1.54) is 12.1 Å². The highest BCUT2D eigenvalue weighted by molar-refractivity contribution is 5.84. The lowest BCUT2D eigenvalue weighted by Gasteiger charge is -2.36. The minimum atomic E-state index is -0.836. The van der Waals surface area contributed by atoms with Gasteiger partial charge >= 0.3 is 5.97 Å². The van der Waals surface area contributed by atoms with E-state index >= 15 is 0 Å². The van der Waals surface area contributed by atoms with Gasteiger partial charge < -0.3 is 15.6 Å². The van der Waals surface area contributed by atoms with Crippen molar-refractivity contribution >= 4 is 16.9 Å². The molecule has 8 heteroatoms. The molecule has 2 heterocycles. The third-order valence-electron chi connectivity index (χ3n) is 6.79. The molecular formula is C28H29F2N3O3. The zero-order valence-electron chi connectivity index (χ0n) is 20.1. The van der Waals surface area contributed by atoms with E-state index in [2.05, 4.69) is 16.8 Å². The number of carboxylic acids is 1. The maximum atomic E-state index is 13.3. The number of halogens is 2. The summed E-state index contributed by atoms with van der Waals surface area (Å²) in [7, 11) is 1.61. The van der Waals surface area contributed by atoms with Gasteiger partial charge in [0.15, 0.2) is 0 Å². The maximum absolute atomic E-state index is 13.3. The number of nitrogens with two attached hydrogens (primary N) is 1. The molecule has 1 aliphatic rings. The van der Waals surface area contributed by atoms with Gasteiger partial charge in [-0.15, -0.1) is 0 Å². The molecular weight excluding hydrogens is 464 g/mol. The fourth-order valence-corrected chi connectivity index (χ4v) is 4.86. The first-order chi connectivity index (χ1) is 17.3. The summed E-state index contributed by atoms with van der Waals surface area (Å²) in [5.74, 6) is 3.67. The van der Waals surface area contributed by atoms with Gasteiger partial charge in [0.2, 0.25) is 0 Å². The van der Waals surface area contributed by atoms with Crippen molar-refractivity contribution in [2.75, 3.05) is 26.7 Å². The molecule has 1 aliphatic heterocycles. The summed E-state index contributed by atoms with van der Waals surface area (Å²) in [6.45, 7) is 1.40. The number of carbonyl (C=O) groups is 1. The van der Waals surface area contributed by atoms with E-state index in [0.717, 1.165) is 28.3 Å². The van der Waals surface area contributed by atoms with Gasteiger partial charge in [-0.25, -0.2) is 8.78 Å². The Balaban J connectivity index is 1.38. The van der Waals surface area contributed by atoms with Gasteiger partial charge in [-0.3, -0.25) is 14.7 Å². The lowest BCUT2D eigenvalue weighted by atomic mass is 9.81. The van der Waals surface area contributed by atoms with Crippen LogP contribution in [0.4, 0.5) is 8.78 Å². The number of rotatable bonds is 7. The first-order valence-electron chi connectivity index (χ1n) is 11.9. The first-order valence-corrected chi connectivity index (χ1v) is 11.9. The number of piperidine rings is 1. The molecule has 4 rings (SSSR count). The van der Waals surface area contributed by atoms with Crippen LogP contribution >= 0.6 is 0 Å². The van der Waals surface area contributed by atoms with E-state index in [4.69, 9.17) is 10.5 Å². The summed E-state index contributed by atoms with van der Waals surface area (Å²) >= 11 is 0. The molecule has 0 aliphatic carbocycles. The number of methoxy groups -OCH3 is 1. The highest BCUT2D eigenvalue weighted by Gasteiger charge is 2.34. The standard InChI is InChI=1S/C28H29F2N3O3/c1-36-22-5-7-27-24(16-22)23(8-10-32-27)26(31)6-4-19-9-12-33(17-25(19)28(34)35)11-2-3-18-13-20(29)15-21(30)14-18/h5,7-8,10,13-16,19,25-26H,4,6,9,11-12,17,31H2,1H3,(H,34,35)/t19-,25+,26?/m1/s1. The molecule has 36 heavy (non-hydrogen) atoms. The summed E-state index contributed by atoms with van der Waals surface area (Å²) in [6, 6.07) is 10.5. The summed E-state index contributed by atoms with van der Waals surface area (Å²) in [6.07, 6.45) is 3.79. The molecule has 0 radical (unpaired) electrons. The number of nitrogens with zero attached hydrogens (tertiary/aromatic N) is 2. The van der Waals surface area contributed by atoms with E-state index in [9.17, 15) is 18.7 Å². The molecule has 1 fully saturated rings. The zero-order valence-corrected chi connectivity index (χ0v) is 20.1. The minimum absolute atomic E-state index is 0.00212. The monoisotopic (exact) mass is 493 g/mol. The fraction of sp³-hybridized carbons (Fsp3) is 0.357. The Hall–Kier alpha value is -3.54. The molecule has 0 spiro atoms. The van der Waals surface area contributed by atoms with Gasteiger partial charge in [0.1, 0.15) is 17.4 Å². The van der Waals surface area contributed by atoms with Gasteiger partial charge in [-0.05, 0) is 73.7 Å². The number of fused-ring (bicyclic) bond motifs is 1. The van der Waals surface area contributed by atoms with Crippen LogP contribution in [0.2, 0.25) is 0 Å². The third-order valence-corrected chi connectivity index (χ3v) is 6.79. The van der Waals surface area contributed by atoms with Crippen molar-refractivity contribution in [2.24, 2.45) is 17.6 Å². The topological polar surface area (TPSA) is 88.7 Å². The largest absolute Gasteiger partial charge is 0.497 e. The average Bonchev–Trinajstić information content (AvgIpc) is 2.86. The lowest BCUT2D eigenvalue weighted by Crippen LogP contribution is -2.44. The van der Waals surface area contributed by atoms with E-state index in [1.807, 2.05) is 29.2 Å². The Morgan fingerprint density at radius 2 is 2.03 bits per heavy atom. The number of hydrogen-bond acceptors (Lipinski definition) is 5. The molecule has 2 aromatic carbocycles. The predicted molar refractivity (Wildman–Crippen MR) is 133 cm³/mol. The number of aliphatic carboxylic acids is 1. The van der Waals surface area contributed by atoms with Gasteiger partial charge in [-0.1, -0.05) is 11.8 Å². The van der Waals surface area contributed by atoms with Crippen molar-refractivity contribution in [2.45, 2.75) is 25.3 Å². The predicted octanol–water partition coefficient (Wildman–Crippen LogP) is 4.38. The summed E-state index contributed by atoms with van der Waals surface area (Å²) in [4.78, 5) is 18.4. The molecule has 6 nitrogen and oxygen atoms in total. The summed E-state index contributed by atoms with van der Waals surface area (Å²) in [5, 5.41) is 10.8. The van der Waals surface area contributed by atoms with Crippen molar-refractivity contribution in [3.8, 4) is 17.6 Å². The smallest absolute Gasteiger partial charge is 0.308 e. The van der Waals surface area contributed by atoms with Crippen molar-refractivity contribution in [3.63, 3.8) is 0 Å². The second-order valence-electron chi connectivity index (χ2n) is 9.16. The van der Waals surface area contributed by atoms with Gasteiger partial charge in [0, 0.05) is 35.8 Å². The summed E-state index contributed by atoms with van der Waals surface area (Å²) in [5.41, 5.74) is 8.62. The van der Waals surface area contributed by atoms with Gasteiger partial charge in [-0.2, -0.15) is 0 Å². The number of carboxylic acid groups (broad SMARTS) is 1. The second kappa shape index (κ2) is 11.5. The van der Waals surface area contributed by atoms with Crippen LogP contribution in [0.5, 0.6) is 5.75 Å². The quantitative estimate of drug-likeness (QED) is 0.475. The molecule has 3 N–H and O–H groups in total. The molecule has 3 atom stereocenters. The zero-order chi connectivity index (χ0) is 25.7. The van der Waals surface area contributed by atoms with Crippen LogP contribution in [0.15, 0.2) is 48.7 Å². The molecule has 0 saturated carbocycles. The molecule has 1 aromatic heterocycles. The lowest BCUT2D eigenvalue weighted by molar-refractivity contribution is -0.146. The number of pyridine rings is 1. The van der Waals surface area contributed by atoms with Crippen LogP contribution in [0, 0.1) is 35.3 Å². The van der Waals surface area contributed by atoms with Crippen LogP contribution in [0.3, 0.4) is 0 Å². The average molecular weight is 494 g/mol. The fourth-order valence-electron chi connectivity index (χ4n) is 4.86. The molecule has 188 valence electrons. The minimum Gasteiger partial charge on any atom is -0.497 e.